The standard InChI is InChI=1S/C14H24N2/c1-2-6-11(5-1)16-14-8-3-7-12(14)13-9-4-10-15-13/h1-2,11-16H,3-10H2. The Balaban J connectivity index is 1.55. The number of hydrogen-bond donors (Lipinski definition) is 2. The van der Waals surface area contributed by atoms with Crippen LogP contribution in [0.25, 0.3) is 0 Å². The average Bonchev–Trinajstić information content (AvgIpc) is 2.98. The lowest BCUT2D eigenvalue weighted by atomic mass is 9.92. The second-order valence-corrected chi connectivity index (χ2v) is 5.71. The second-order valence-electron chi connectivity index (χ2n) is 5.71. The van der Waals surface area contributed by atoms with Gasteiger partial charge in [0.05, 0.1) is 0 Å². The molecule has 3 unspecified atom stereocenters. The lowest BCUT2D eigenvalue weighted by Gasteiger charge is -2.29. The molecule has 0 bridgehead atoms. The van der Waals surface area contributed by atoms with Crippen LogP contribution in [0.1, 0.15) is 44.9 Å². The molecule has 1 saturated carbocycles. The predicted octanol–water partition coefficient (Wildman–Crippen LogP) is 2.22. The van der Waals surface area contributed by atoms with Gasteiger partial charge in [0.2, 0.25) is 0 Å². The number of nitrogens with one attached hydrogen (secondary N) is 2. The summed E-state index contributed by atoms with van der Waals surface area (Å²) in [6, 6.07) is 2.35. The quantitative estimate of drug-likeness (QED) is 0.713. The van der Waals surface area contributed by atoms with Crippen molar-refractivity contribution in [3.63, 3.8) is 0 Å². The number of hydrogen-bond acceptors (Lipinski definition) is 2. The van der Waals surface area contributed by atoms with Gasteiger partial charge in [-0.05, 0) is 51.0 Å². The largest absolute Gasteiger partial charge is 0.314 e. The van der Waals surface area contributed by atoms with Crippen LogP contribution >= 0.6 is 0 Å². The maximum Gasteiger partial charge on any atom is 0.0139 e. The molecule has 0 aromatic heterocycles. The van der Waals surface area contributed by atoms with E-state index < -0.39 is 0 Å². The van der Waals surface area contributed by atoms with Crippen LogP contribution < -0.4 is 10.6 Å². The Kier molecular flexibility index (Phi) is 3.30. The molecule has 0 spiro atoms. The first kappa shape index (κ1) is 10.8. The van der Waals surface area contributed by atoms with Crippen molar-refractivity contribution in [1.29, 1.82) is 0 Å². The van der Waals surface area contributed by atoms with Gasteiger partial charge in [-0.25, -0.2) is 0 Å². The maximum atomic E-state index is 3.90. The van der Waals surface area contributed by atoms with Gasteiger partial charge in [0.1, 0.15) is 0 Å². The highest BCUT2D eigenvalue weighted by Gasteiger charge is 2.35. The monoisotopic (exact) mass is 220 g/mol. The van der Waals surface area contributed by atoms with Gasteiger partial charge >= 0.3 is 0 Å². The molecule has 2 aliphatic carbocycles. The van der Waals surface area contributed by atoms with E-state index in [4.69, 9.17) is 0 Å². The Labute approximate surface area is 98.9 Å². The van der Waals surface area contributed by atoms with E-state index in [-0.39, 0.29) is 0 Å². The third kappa shape index (κ3) is 2.18. The van der Waals surface area contributed by atoms with Gasteiger partial charge in [0.25, 0.3) is 0 Å². The van der Waals surface area contributed by atoms with Crippen LogP contribution in [0.3, 0.4) is 0 Å². The van der Waals surface area contributed by atoms with E-state index in [1.807, 2.05) is 0 Å². The molecular formula is C14H24N2. The first-order valence-corrected chi connectivity index (χ1v) is 7.08. The minimum Gasteiger partial charge on any atom is -0.314 e. The lowest BCUT2D eigenvalue weighted by molar-refractivity contribution is 0.300. The van der Waals surface area contributed by atoms with Gasteiger partial charge in [-0.1, -0.05) is 18.6 Å². The Hall–Kier alpha value is -0.340. The van der Waals surface area contributed by atoms with Gasteiger partial charge in [-0.15, -0.1) is 0 Å². The zero-order chi connectivity index (χ0) is 10.8. The third-order valence-electron chi connectivity index (χ3n) is 4.64. The van der Waals surface area contributed by atoms with Gasteiger partial charge in [0, 0.05) is 18.1 Å². The molecule has 2 nitrogen and oxygen atoms in total. The molecule has 1 heterocycles. The predicted molar refractivity (Wildman–Crippen MR) is 67.5 cm³/mol. The fourth-order valence-electron chi connectivity index (χ4n) is 3.81. The van der Waals surface area contributed by atoms with E-state index in [1.54, 1.807) is 0 Å². The molecule has 0 radical (unpaired) electrons. The first-order chi connectivity index (χ1) is 7.93. The summed E-state index contributed by atoms with van der Waals surface area (Å²) in [5, 5.41) is 7.60. The van der Waals surface area contributed by atoms with Crippen LogP contribution in [-0.2, 0) is 0 Å². The van der Waals surface area contributed by atoms with Gasteiger partial charge in [-0.3, -0.25) is 0 Å². The van der Waals surface area contributed by atoms with Crippen LogP contribution in [-0.4, -0.2) is 24.7 Å². The fourth-order valence-corrected chi connectivity index (χ4v) is 3.81. The summed E-state index contributed by atoms with van der Waals surface area (Å²) in [7, 11) is 0. The highest BCUT2D eigenvalue weighted by molar-refractivity contribution is 5.01. The molecule has 2 heteroatoms. The molecule has 0 aromatic rings. The van der Waals surface area contributed by atoms with Crippen molar-refractivity contribution in [1.82, 2.24) is 10.6 Å². The van der Waals surface area contributed by atoms with E-state index in [9.17, 15) is 0 Å². The molecule has 2 N–H and O–H groups in total. The van der Waals surface area contributed by atoms with E-state index in [2.05, 4.69) is 22.8 Å². The number of rotatable bonds is 3. The topological polar surface area (TPSA) is 24.1 Å². The van der Waals surface area contributed by atoms with Crippen molar-refractivity contribution in [3.8, 4) is 0 Å². The zero-order valence-electron chi connectivity index (χ0n) is 10.1. The van der Waals surface area contributed by atoms with Crippen LogP contribution in [0.5, 0.6) is 0 Å². The molecule has 0 amide bonds. The summed E-state index contributed by atoms with van der Waals surface area (Å²) < 4.78 is 0. The molecule has 1 saturated heterocycles. The Bertz CT molecular complexity index is 247. The summed E-state index contributed by atoms with van der Waals surface area (Å²) in [6.07, 6.45) is 14.2. The van der Waals surface area contributed by atoms with Crippen LogP contribution in [0.4, 0.5) is 0 Å². The van der Waals surface area contributed by atoms with Crippen molar-refractivity contribution in [2.75, 3.05) is 6.54 Å². The Morgan fingerprint density at radius 2 is 1.88 bits per heavy atom. The molecule has 2 fully saturated rings. The summed E-state index contributed by atoms with van der Waals surface area (Å²) in [5.41, 5.74) is 0. The third-order valence-corrected chi connectivity index (χ3v) is 4.64. The van der Waals surface area contributed by atoms with Gasteiger partial charge in [0.15, 0.2) is 0 Å². The zero-order valence-corrected chi connectivity index (χ0v) is 10.1. The van der Waals surface area contributed by atoms with Crippen molar-refractivity contribution in [2.24, 2.45) is 5.92 Å². The SMILES string of the molecule is C1=CCC(NC2CCCC2C2CCCN2)C1. The second kappa shape index (κ2) is 4.89. The van der Waals surface area contributed by atoms with Crippen molar-refractivity contribution in [3.05, 3.63) is 12.2 Å². The summed E-state index contributed by atoms with van der Waals surface area (Å²) in [4.78, 5) is 0. The maximum absolute atomic E-state index is 3.90. The van der Waals surface area contributed by atoms with Gasteiger partial charge < -0.3 is 10.6 Å². The normalized spacial score (nSPS) is 39.9. The molecular weight excluding hydrogens is 196 g/mol. The molecule has 90 valence electrons. The molecule has 3 atom stereocenters. The lowest BCUT2D eigenvalue weighted by Crippen LogP contribution is -2.45. The minimum absolute atomic E-state index is 0.743. The molecule has 1 aliphatic heterocycles. The van der Waals surface area contributed by atoms with Crippen LogP contribution in [0, 0.1) is 5.92 Å². The van der Waals surface area contributed by atoms with Gasteiger partial charge in [-0.2, -0.15) is 0 Å². The average molecular weight is 220 g/mol. The fraction of sp³-hybridized carbons (Fsp3) is 0.857. The van der Waals surface area contributed by atoms with Crippen molar-refractivity contribution in [2.45, 2.75) is 63.1 Å². The highest BCUT2D eigenvalue weighted by Crippen LogP contribution is 2.32. The Morgan fingerprint density at radius 3 is 2.62 bits per heavy atom. The smallest absolute Gasteiger partial charge is 0.0139 e. The molecule has 3 aliphatic rings. The molecule has 3 rings (SSSR count). The van der Waals surface area contributed by atoms with E-state index >= 15 is 0 Å². The van der Waals surface area contributed by atoms with Crippen molar-refractivity contribution < 1.29 is 0 Å². The molecule has 0 aromatic carbocycles. The van der Waals surface area contributed by atoms with E-state index in [0.717, 1.165) is 24.0 Å². The van der Waals surface area contributed by atoms with E-state index in [1.165, 1.54) is 51.5 Å². The first-order valence-electron chi connectivity index (χ1n) is 7.08. The summed E-state index contributed by atoms with van der Waals surface area (Å²) in [5.74, 6) is 0.906. The minimum atomic E-state index is 0.743. The summed E-state index contributed by atoms with van der Waals surface area (Å²) >= 11 is 0. The summed E-state index contributed by atoms with van der Waals surface area (Å²) in [6.45, 7) is 1.25. The molecule has 16 heavy (non-hydrogen) atoms. The van der Waals surface area contributed by atoms with E-state index in [0.29, 0.717) is 0 Å². The van der Waals surface area contributed by atoms with Crippen LogP contribution in [0.15, 0.2) is 12.2 Å². The van der Waals surface area contributed by atoms with Crippen LogP contribution in [0.2, 0.25) is 0 Å². The highest BCUT2D eigenvalue weighted by atomic mass is 15.0. The Morgan fingerprint density at radius 1 is 1.00 bits per heavy atom. The van der Waals surface area contributed by atoms with Crippen molar-refractivity contribution >= 4 is 0 Å².